The van der Waals surface area contributed by atoms with Crippen LogP contribution >= 0.6 is 38.9 Å². The summed E-state index contributed by atoms with van der Waals surface area (Å²) in [6, 6.07) is 8.35. The van der Waals surface area contributed by atoms with Gasteiger partial charge in [-0.1, -0.05) is 12.1 Å². The van der Waals surface area contributed by atoms with E-state index in [9.17, 15) is 0 Å². The maximum absolute atomic E-state index is 6.56. The number of thiophene rings is 1. The maximum Gasteiger partial charge on any atom is 0.123 e. The average Bonchev–Trinajstić information content (AvgIpc) is 2.88. The molecule has 1 aromatic heterocycles. The Morgan fingerprint density at radius 3 is 2.79 bits per heavy atom. The number of fused-ring (bicyclic) bond motifs is 1. The predicted molar refractivity (Wildman–Crippen MR) is 84.6 cm³/mol. The number of rotatable bonds is 2. The zero-order chi connectivity index (χ0) is 13.6. The number of hydrogen-bond donors (Lipinski definition) is 0. The molecule has 0 aliphatic carbocycles. The van der Waals surface area contributed by atoms with Gasteiger partial charge in [-0.15, -0.1) is 22.9 Å². The van der Waals surface area contributed by atoms with E-state index >= 15 is 0 Å². The van der Waals surface area contributed by atoms with Crippen LogP contribution < -0.4 is 4.74 Å². The molecule has 1 aliphatic rings. The fourth-order valence-corrected chi connectivity index (χ4v) is 3.97. The number of halogens is 2. The highest BCUT2D eigenvalue weighted by molar-refractivity contribution is 9.11. The molecule has 1 aliphatic heterocycles. The smallest absolute Gasteiger partial charge is 0.123 e. The first-order valence-corrected chi connectivity index (χ1v) is 8.25. The molecule has 0 spiro atoms. The molecule has 2 aromatic rings. The standard InChI is InChI=1S/C15H14BrClOS/c1-15(2)7-10-5-9(3-4-12(10)18-15)14(17)11-6-13(16)19-8-11/h3-6,8,14H,7H2,1-2H3. The van der Waals surface area contributed by atoms with Crippen molar-refractivity contribution in [3.63, 3.8) is 0 Å². The summed E-state index contributed by atoms with van der Waals surface area (Å²) in [5.41, 5.74) is 3.42. The Hall–Kier alpha value is -0.510. The van der Waals surface area contributed by atoms with E-state index in [2.05, 4.69) is 53.4 Å². The van der Waals surface area contributed by atoms with Gasteiger partial charge in [-0.2, -0.15) is 0 Å². The van der Waals surface area contributed by atoms with Crippen LogP contribution in [0.1, 0.15) is 35.9 Å². The second kappa shape index (κ2) is 4.80. The van der Waals surface area contributed by atoms with Gasteiger partial charge < -0.3 is 4.74 Å². The highest BCUT2D eigenvalue weighted by atomic mass is 79.9. The molecular formula is C15H14BrClOS. The number of alkyl halides is 1. The van der Waals surface area contributed by atoms with Crippen molar-refractivity contribution in [1.82, 2.24) is 0 Å². The SMILES string of the molecule is CC1(C)Cc2cc(C(Cl)c3csc(Br)c3)ccc2O1. The lowest BCUT2D eigenvalue weighted by Gasteiger charge is -2.16. The van der Waals surface area contributed by atoms with Crippen LogP contribution in [0.25, 0.3) is 0 Å². The molecule has 1 aromatic carbocycles. The molecule has 0 saturated heterocycles. The van der Waals surface area contributed by atoms with Crippen LogP contribution in [0.5, 0.6) is 5.75 Å². The third-order valence-corrected chi connectivity index (χ3v) is 5.29. The Morgan fingerprint density at radius 1 is 1.32 bits per heavy atom. The monoisotopic (exact) mass is 356 g/mol. The van der Waals surface area contributed by atoms with Crippen molar-refractivity contribution in [3.8, 4) is 5.75 Å². The molecule has 19 heavy (non-hydrogen) atoms. The molecular weight excluding hydrogens is 344 g/mol. The summed E-state index contributed by atoms with van der Waals surface area (Å²) in [6.07, 6.45) is 0.938. The van der Waals surface area contributed by atoms with Crippen molar-refractivity contribution >= 4 is 38.9 Å². The molecule has 1 atom stereocenters. The fraction of sp³-hybridized carbons (Fsp3) is 0.333. The summed E-state index contributed by atoms with van der Waals surface area (Å²) in [6.45, 7) is 4.22. The molecule has 100 valence electrons. The van der Waals surface area contributed by atoms with Gasteiger partial charge in [0.25, 0.3) is 0 Å². The van der Waals surface area contributed by atoms with Crippen molar-refractivity contribution in [3.05, 3.63) is 50.1 Å². The minimum Gasteiger partial charge on any atom is -0.487 e. The molecule has 3 rings (SSSR count). The van der Waals surface area contributed by atoms with Crippen molar-refractivity contribution in [2.24, 2.45) is 0 Å². The molecule has 1 nitrogen and oxygen atoms in total. The van der Waals surface area contributed by atoms with Crippen molar-refractivity contribution < 1.29 is 4.74 Å². The van der Waals surface area contributed by atoms with Crippen LogP contribution in [0, 0.1) is 0 Å². The summed E-state index contributed by atoms with van der Waals surface area (Å²) >= 11 is 11.7. The van der Waals surface area contributed by atoms with Gasteiger partial charge in [0.05, 0.1) is 9.16 Å². The minimum atomic E-state index is -0.103. The van der Waals surface area contributed by atoms with Gasteiger partial charge in [-0.25, -0.2) is 0 Å². The zero-order valence-electron chi connectivity index (χ0n) is 10.7. The molecule has 0 N–H and O–H groups in total. The van der Waals surface area contributed by atoms with E-state index in [1.807, 2.05) is 6.07 Å². The Labute approximate surface area is 130 Å². The average molecular weight is 358 g/mol. The van der Waals surface area contributed by atoms with Crippen LogP contribution in [0.2, 0.25) is 0 Å². The summed E-state index contributed by atoms with van der Waals surface area (Å²) < 4.78 is 7.00. The van der Waals surface area contributed by atoms with Gasteiger partial charge in [-0.3, -0.25) is 0 Å². The topological polar surface area (TPSA) is 9.23 Å². The molecule has 2 heterocycles. The third-order valence-electron chi connectivity index (χ3n) is 3.26. The van der Waals surface area contributed by atoms with Crippen LogP contribution in [0.4, 0.5) is 0 Å². The van der Waals surface area contributed by atoms with Crippen LogP contribution in [0.15, 0.2) is 33.4 Å². The van der Waals surface area contributed by atoms with Crippen molar-refractivity contribution in [2.45, 2.75) is 31.2 Å². The lowest BCUT2D eigenvalue weighted by Crippen LogP contribution is -2.24. The van der Waals surface area contributed by atoms with E-state index in [-0.39, 0.29) is 11.0 Å². The van der Waals surface area contributed by atoms with Crippen LogP contribution in [-0.4, -0.2) is 5.60 Å². The van der Waals surface area contributed by atoms with E-state index in [1.54, 1.807) is 11.3 Å². The third kappa shape index (κ3) is 2.69. The lowest BCUT2D eigenvalue weighted by molar-refractivity contribution is 0.138. The quantitative estimate of drug-likeness (QED) is 0.640. The second-order valence-corrected chi connectivity index (χ2v) is 8.18. The molecule has 4 heteroatoms. The first-order valence-electron chi connectivity index (χ1n) is 6.14. The van der Waals surface area contributed by atoms with Crippen LogP contribution in [-0.2, 0) is 6.42 Å². The molecule has 1 unspecified atom stereocenters. The number of benzene rings is 1. The number of hydrogen-bond acceptors (Lipinski definition) is 2. The Kier molecular flexibility index (Phi) is 3.40. The Balaban J connectivity index is 1.92. The van der Waals surface area contributed by atoms with Crippen LogP contribution in [0.3, 0.4) is 0 Å². The summed E-state index contributed by atoms with van der Waals surface area (Å²) in [5.74, 6) is 0.990. The molecule has 0 bridgehead atoms. The minimum absolute atomic E-state index is 0.100. The summed E-state index contributed by atoms with van der Waals surface area (Å²) in [4.78, 5) is 0. The Bertz CT molecular complexity index is 620. The van der Waals surface area contributed by atoms with Gasteiger partial charge in [0.15, 0.2) is 0 Å². The van der Waals surface area contributed by atoms with E-state index in [0.29, 0.717) is 0 Å². The lowest BCUT2D eigenvalue weighted by atomic mass is 9.98. The molecule has 0 saturated carbocycles. The summed E-state index contributed by atoms with van der Waals surface area (Å²) in [5, 5.41) is 1.99. The van der Waals surface area contributed by atoms with E-state index in [0.717, 1.165) is 27.1 Å². The highest BCUT2D eigenvalue weighted by Crippen LogP contribution is 2.39. The molecule has 0 radical (unpaired) electrons. The second-order valence-electron chi connectivity index (χ2n) is 5.45. The van der Waals surface area contributed by atoms with Gasteiger partial charge in [-0.05, 0) is 64.0 Å². The van der Waals surface area contributed by atoms with Gasteiger partial charge in [0, 0.05) is 6.42 Å². The maximum atomic E-state index is 6.56. The van der Waals surface area contributed by atoms with Crippen molar-refractivity contribution in [2.75, 3.05) is 0 Å². The Morgan fingerprint density at radius 2 is 2.11 bits per heavy atom. The van der Waals surface area contributed by atoms with E-state index in [1.165, 1.54) is 5.56 Å². The van der Waals surface area contributed by atoms with Gasteiger partial charge >= 0.3 is 0 Å². The molecule has 0 amide bonds. The number of ether oxygens (including phenoxy) is 1. The van der Waals surface area contributed by atoms with Crippen molar-refractivity contribution in [1.29, 1.82) is 0 Å². The summed E-state index contributed by atoms with van der Waals surface area (Å²) in [7, 11) is 0. The van der Waals surface area contributed by atoms with Gasteiger partial charge in [0.2, 0.25) is 0 Å². The first-order chi connectivity index (χ1) is 8.94. The zero-order valence-corrected chi connectivity index (χ0v) is 13.9. The largest absolute Gasteiger partial charge is 0.487 e. The van der Waals surface area contributed by atoms with Gasteiger partial charge in [0.1, 0.15) is 11.4 Å². The fourth-order valence-electron chi connectivity index (χ4n) is 2.44. The van der Waals surface area contributed by atoms with E-state index in [4.69, 9.17) is 16.3 Å². The first kappa shape index (κ1) is 13.5. The predicted octanol–water partition coefficient (Wildman–Crippen LogP) is 5.55. The van der Waals surface area contributed by atoms with E-state index < -0.39 is 0 Å². The normalized spacial score (nSPS) is 17.9. The molecule has 0 fully saturated rings. The highest BCUT2D eigenvalue weighted by Gasteiger charge is 2.30.